The fourth-order valence-corrected chi connectivity index (χ4v) is 1.42. The Morgan fingerprint density at radius 1 is 1.71 bits per heavy atom. The monoisotopic (exact) mass is 216 g/mol. The molecule has 1 aromatic heterocycles. The Kier molecular flexibility index (Phi) is 3.66. The number of hydrogen-bond acceptors (Lipinski definition) is 3. The number of carbonyl (C=O) groups is 1. The maximum atomic E-state index is 11.7. The highest BCUT2D eigenvalue weighted by atomic mass is 35.5. The molecule has 0 radical (unpaired) electrons. The van der Waals surface area contributed by atoms with E-state index in [2.05, 4.69) is 5.10 Å². The minimum Gasteiger partial charge on any atom is -0.383 e. The highest BCUT2D eigenvalue weighted by Crippen LogP contribution is 2.06. The molecule has 1 rings (SSSR count). The van der Waals surface area contributed by atoms with E-state index >= 15 is 0 Å². The summed E-state index contributed by atoms with van der Waals surface area (Å²) in [6.07, 6.45) is 0. The lowest BCUT2D eigenvalue weighted by Crippen LogP contribution is -2.27. The molecule has 78 valence electrons. The molecule has 1 atom stereocenters. The minimum absolute atomic E-state index is 0.193. The molecular formula is C9H13ClN2O2. The van der Waals surface area contributed by atoms with Crippen molar-refractivity contribution in [1.82, 2.24) is 9.78 Å². The van der Waals surface area contributed by atoms with Crippen LogP contribution >= 0.6 is 11.6 Å². The fraction of sp³-hybridized carbons (Fsp3) is 0.556. The van der Waals surface area contributed by atoms with Crippen LogP contribution in [0.25, 0.3) is 0 Å². The van der Waals surface area contributed by atoms with E-state index in [0.717, 1.165) is 11.4 Å². The zero-order chi connectivity index (χ0) is 10.7. The average Bonchev–Trinajstić information content (AvgIpc) is 2.44. The van der Waals surface area contributed by atoms with Crippen LogP contribution in [-0.2, 0) is 4.74 Å². The van der Waals surface area contributed by atoms with Crippen molar-refractivity contribution in [3.05, 3.63) is 17.5 Å². The molecule has 0 fully saturated rings. The minimum atomic E-state index is -0.682. The van der Waals surface area contributed by atoms with Crippen LogP contribution in [0.4, 0.5) is 0 Å². The van der Waals surface area contributed by atoms with Crippen LogP contribution in [0.3, 0.4) is 0 Å². The summed E-state index contributed by atoms with van der Waals surface area (Å²) in [5.41, 5.74) is 1.59. The van der Waals surface area contributed by atoms with E-state index in [1.165, 1.54) is 11.8 Å². The van der Waals surface area contributed by atoms with Crippen molar-refractivity contribution in [3.8, 4) is 0 Å². The Labute approximate surface area is 87.8 Å². The van der Waals surface area contributed by atoms with Crippen LogP contribution in [0.2, 0.25) is 0 Å². The lowest BCUT2D eigenvalue weighted by atomic mass is 10.4. The summed E-state index contributed by atoms with van der Waals surface area (Å²) in [7, 11) is 1.50. The number of rotatable bonds is 3. The van der Waals surface area contributed by atoms with Crippen molar-refractivity contribution in [2.24, 2.45) is 0 Å². The van der Waals surface area contributed by atoms with E-state index in [1.54, 1.807) is 0 Å². The normalized spacial score (nSPS) is 12.9. The van der Waals surface area contributed by atoms with E-state index < -0.39 is 5.38 Å². The van der Waals surface area contributed by atoms with Gasteiger partial charge in [-0.3, -0.25) is 4.79 Å². The molecule has 0 saturated carbocycles. The molecule has 4 nitrogen and oxygen atoms in total. The smallest absolute Gasteiger partial charge is 0.267 e. The quantitative estimate of drug-likeness (QED) is 0.718. The van der Waals surface area contributed by atoms with Crippen LogP contribution in [0, 0.1) is 13.8 Å². The number of aromatic nitrogens is 2. The number of aryl methyl sites for hydroxylation is 2. The van der Waals surface area contributed by atoms with Crippen molar-refractivity contribution >= 4 is 17.5 Å². The van der Waals surface area contributed by atoms with E-state index in [9.17, 15) is 4.79 Å². The molecule has 0 saturated heterocycles. The zero-order valence-electron chi connectivity index (χ0n) is 8.45. The van der Waals surface area contributed by atoms with E-state index in [4.69, 9.17) is 16.3 Å². The van der Waals surface area contributed by atoms with Crippen LogP contribution in [0.15, 0.2) is 6.07 Å². The van der Waals surface area contributed by atoms with Gasteiger partial charge in [0, 0.05) is 12.8 Å². The molecule has 1 aromatic rings. The molecule has 0 amide bonds. The standard InChI is InChI=1S/C9H13ClN2O2/c1-6-4-7(2)12(11-6)9(13)8(10)5-14-3/h4,8H,5H2,1-3H3/t8-/m1/s1. The van der Waals surface area contributed by atoms with Gasteiger partial charge in [-0.1, -0.05) is 0 Å². The molecule has 0 bridgehead atoms. The predicted molar refractivity (Wildman–Crippen MR) is 53.8 cm³/mol. The number of halogens is 1. The van der Waals surface area contributed by atoms with E-state index in [-0.39, 0.29) is 12.5 Å². The van der Waals surface area contributed by atoms with Gasteiger partial charge >= 0.3 is 0 Å². The van der Waals surface area contributed by atoms with Crippen LogP contribution in [-0.4, -0.2) is 34.8 Å². The van der Waals surface area contributed by atoms with Crippen LogP contribution in [0.5, 0.6) is 0 Å². The van der Waals surface area contributed by atoms with Gasteiger partial charge in [0.2, 0.25) is 0 Å². The molecule has 14 heavy (non-hydrogen) atoms. The largest absolute Gasteiger partial charge is 0.383 e. The topological polar surface area (TPSA) is 44.1 Å². The van der Waals surface area contributed by atoms with Gasteiger partial charge in [-0.15, -0.1) is 11.6 Å². The maximum Gasteiger partial charge on any atom is 0.267 e. The van der Waals surface area contributed by atoms with Gasteiger partial charge in [-0.05, 0) is 19.9 Å². The molecule has 0 spiro atoms. The summed E-state index contributed by atoms with van der Waals surface area (Å²) in [5.74, 6) is -0.251. The van der Waals surface area contributed by atoms with E-state index in [0.29, 0.717) is 0 Å². The molecule has 0 aromatic carbocycles. The van der Waals surface area contributed by atoms with Gasteiger partial charge in [0.1, 0.15) is 5.38 Å². The van der Waals surface area contributed by atoms with Crippen molar-refractivity contribution in [2.45, 2.75) is 19.2 Å². The molecule has 5 heteroatoms. The van der Waals surface area contributed by atoms with Gasteiger partial charge in [0.25, 0.3) is 5.91 Å². The number of hydrogen-bond donors (Lipinski definition) is 0. The Morgan fingerprint density at radius 2 is 2.36 bits per heavy atom. The number of methoxy groups -OCH3 is 1. The average molecular weight is 217 g/mol. The molecule has 0 unspecified atom stereocenters. The first-order chi connectivity index (χ1) is 6.56. The second kappa shape index (κ2) is 4.57. The Hall–Kier alpha value is -0.870. The number of nitrogens with zero attached hydrogens (tertiary/aromatic N) is 2. The van der Waals surface area contributed by atoms with Crippen molar-refractivity contribution in [1.29, 1.82) is 0 Å². The summed E-state index contributed by atoms with van der Waals surface area (Å²) < 4.78 is 6.11. The maximum absolute atomic E-state index is 11.7. The Bertz CT molecular complexity index is 336. The molecular weight excluding hydrogens is 204 g/mol. The van der Waals surface area contributed by atoms with Crippen LogP contribution in [0.1, 0.15) is 16.2 Å². The summed E-state index contributed by atoms with van der Waals surface area (Å²) in [6.45, 7) is 3.84. The third-order valence-electron chi connectivity index (χ3n) is 1.80. The number of ether oxygens (including phenoxy) is 1. The summed E-state index contributed by atoms with van der Waals surface area (Å²) in [4.78, 5) is 11.7. The highest BCUT2D eigenvalue weighted by molar-refractivity contribution is 6.31. The molecule has 0 aliphatic heterocycles. The lowest BCUT2D eigenvalue weighted by Gasteiger charge is -2.07. The molecule has 0 aliphatic carbocycles. The number of carbonyl (C=O) groups excluding carboxylic acids is 1. The van der Waals surface area contributed by atoms with Gasteiger partial charge in [-0.25, -0.2) is 4.68 Å². The highest BCUT2D eigenvalue weighted by Gasteiger charge is 2.19. The number of alkyl halides is 1. The first-order valence-corrected chi connectivity index (χ1v) is 4.70. The second-order valence-corrected chi connectivity index (χ2v) is 3.63. The van der Waals surface area contributed by atoms with Crippen LogP contribution < -0.4 is 0 Å². The van der Waals surface area contributed by atoms with Gasteiger partial charge in [-0.2, -0.15) is 5.10 Å². The van der Waals surface area contributed by atoms with Gasteiger partial charge in [0.05, 0.1) is 12.3 Å². The third-order valence-corrected chi connectivity index (χ3v) is 2.11. The summed E-state index contributed by atoms with van der Waals surface area (Å²) in [5, 5.41) is 3.36. The SMILES string of the molecule is COC[C@@H](Cl)C(=O)n1nc(C)cc1C. The van der Waals surface area contributed by atoms with Crippen molar-refractivity contribution in [3.63, 3.8) is 0 Å². The van der Waals surface area contributed by atoms with Crippen molar-refractivity contribution in [2.75, 3.05) is 13.7 Å². The summed E-state index contributed by atoms with van der Waals surface area (Å²) in [6, 6.07) is 1.83. The van der Waals surface area contributed by atoms with E-state index in [1.807, 2.05) is 19.9 Å². The first-order valence-electron chi connectivity index (χ1n) is 4.26. The first kappa shape index (κ1) is 11.2. The molecule has 1 heterocycles. The molecule has 0 N–H and O–H groups in total. The fourth-order valence-electron chi connectivity index (χ4n) is 1.20. The predicted octanol–water partition coefficient (Wildman–Crippen LogP) is 1.39. The second-order valence-electron chi connectivity index (χ2n) is 3.10. The lowest BCUT2D eigenvalue weighted by molar-refractivity contribution is 0.0840. The molecule has 0 aliphatic rings. The Balaban J connectivity index is 2.83. The Morgan fingerprint density at radius 3 is 2.79 bits per heavy atom. The van der Waals surface area contributed by atoms with Gasteiger partial charge < -0.3 is 4.74 Å². The van der Waals surface area contributed by atoms with Gasteiger partial charge in [0.15, 0.2) is 0 Å². The third kappa shape index (κ3) is 2.33. The van der Waals surface area contributed by atoms with Crippen molar-refractivity contribution < 1.29 is 9.53 Å². The zero-order valence-corrected chi connectivity index (χ0v) is 9.21. The summed E-state index contributed by atoms with van der Waals surface area (Å²) >= 11 is 5.81.